The van der Waals surface area contributed by atoms with Crippen LogP contribution in [0.5, 0.6) is 5.75 Å². The molecule has 0 saturated carbocycles. The lowest BCUT2D eigenvalue weighted by Crippen LogP contribution is -2.54. The number of piperidine rings is 1. The van der Waals surface area contributed by atoms with Crippen LogP contribution in [0.25, 0.3) is 0 Å². The monoisotopic (exact) mass is 582 g/mol. The number of halogens is 5. The first-order valence-electron chi connectivity index (χ1n) is 12.6. The third-order valence-electron chi connectivity index (χ3n) is 7.07. The molecule has 218 valence electrons. The summed E-state index contributed by atoms with van der Waals surface area (Å²) in [6.07, 6.45) is -5.58. The molecule has 0 N–H and O–H groups in total. The summed E-state index contributed by atoms with van der Waals surface area (Å²) >= 11 is 0. The molecule has 0 bridgehead atoms. The van der Waals surface area contributed by atoms with Crippen molar-refractivity contribution >= 4 is 18.0 Å². The molecule has 3 aliphatic heterocycles. The summed E-state index contributed by atoms with van der Waals surface area (Å²) in [6, 6.07) is 7.42. The van der Waals surface area contributed by atoms with Crippen LogP contribution in [0.3, 0.4) is 0 Å². The number of ether oxygens (including phenoxy) is 3. The Hall–Kier alpha value is -4.20. The van der Waals surface area contributed by atoms with E-state index in [1.165, 1.54) is 18.2 Å². The van der Waals surface area contributed by atoms with Crippen LogP contribution >= 0.6 is 0 Å². The van der Waals surface area contributed by atoms with E-state index in [9.17, 15) is 36.3 Å². The van der Waals surface area contributed by atoms with Gasteiger partial charge in [-0.25, -0.2) is 23.2 Å². The number of amides is 1. The molecular formula is C27H23F5N2O7. The Morgan fingerprint density at radius 3 is 2.41 bits per heavy atom. The second kappa shape index (κ2) is 11.0. The maximum Gasteiger partial charge on any atom is 0.447 e. The van der Waals surface area contributed by atoms with E-state index in [2.05, 4.69) is 0 Å². The highest BCUT2D eigenvalue weighted by atomic mass is 19.4. The lowest BCUT2D eigenvalue weighted by molar-refractivity contribution is -0.222. The van der Waals surface area contributed by atoms with Gasteiger partial charge >= 0.3 is 24.2 Å². The largest absolute Gasteiger partial charge is 0.486 e. The Kier molecular flexibility index (Phi) is 7.60. The van der Waals surface area contributed by atoms with E-state index in [4.69, 9.17) is 19.0 Å². The molecular weight excluding hydrogens is 559 g/mol. The molecule has 3 heterocycles. The molecule has 2 unspecified atom stereocenters. The minimum absolute atomic E-state index is 0.0587. The van der Waals surface area contributed by atoms with Crippen molar-refractivity contribution in [2.45, 2.75) is 43.4 Å². The van der Waals surface area contributed by atoms with Gasteiger partial charge in [-0.1, -0.05) is 17.2 Å². The van der Waals surface area contributed by atoms with Gasteiger partial charge in [0.25, 0.3) is 6.23 Å². The predicted molar refractivity (Wildman–Crippen MR) is 128 cm³/mol. The molecule has 2 fully saturated rings. The summed E-state index contributed by atoms with van der Waals surface area (Å²) in [6.45, 7) is 0.944. The molecule has 2 aromatic rings. The van der Waals surface area contributed by atoms with Gasteiger partial charge in [0, 0.05) is 57.1 Å². The normalized spacial score (nSPS) is 22.2. The number of rotatable bonds is 6. The van der Waals surface area contributed by atoms with Crippen molar-refractivity contribution in [1.82, 2.24) is 9.96 Å². The van der Waals surface area contributed by atoms with E-state index in [0.29, 0.717) is 24.7 Å². The zero-order chi connectivity index (χ0) is 29.4. The number of alkyl halides is 3. The Bertz CT molecular complexity index is 1370. The van der Waals surface area contributed by atoms with Gasteiger partial charge < -0.3 is 23.9 Å². The molecule has 2 saturated heterocycles. The molecule has 0 aromatic heterocycles. The first kappa shape index (κ1) is 28.3. The second-order valence-electron chi connectivity index (χ2n) is 9.73. The second-order valence-corrected chi connectivity index (χ2v) is 9.73. The molecule has 2 aromatic carbocycles. The highest BCUT2D eigenvalue weighted by molar-refractivity contribution is 5.93. The average molecular weight is 582 g/mol. The van der Waals surface area contributed by atoms with Crippen LogP contribution in [-0.2, 0) is 30.1 Å². The van der Waals surface area contributed by atoms with Crippen LogP contribution in [0, 0.1) is 11.6 Å². The molecule has 9 nitrogen and oxygen atoms in total. The highest BCUT2D eigenvalue weighted by Crippen LogP contribution is 2.40. The number of carbonyl (C=O) groups is 3. The zero-order valence-electron chi connectivity index (χ0n) is 21.2. The quantitative estimate of drug-likeness (QED) is 0.358. The summed E-state index contributed by atoms with van der Waals surface area (Å²) in [5.41, 5.74) is -1.97. The SMILES string of the molecule is O=C1/C=C/C(=O)ON2C(=O)OC3(CCN(CCC(Oc4ccc(F)c(F)c4)c4cccc(C(F)(F)F)c4)CC3)C2O1. The highest BCUT2D eigenvalue weighted by Gasteiger charge is 2.59. The Morgan fingerprint density at radius 2 is 1.71 bits per heavy atom. The van der Waals surface area contributed by atoms with Crippen LogP contribution in [0.2, 0.25) is 0 Å². The summed E-state index contributed by atoms with van der Waals surface area (Å²) < 4.78 is 84.0. The van der Waals surface area contributed by atoms with Crippen molar-refractivity contribution < 1.29 is 55.4 Å². The third-order valence-corrected chi connectivity index (χ3v) is 7.07. The van der Waals surface area contributed by atoms with Crippen LogP contribution < -0.4 is 4.74 Å². The number of hydroxylamine groups is 2. The Morgan fingerprint density at radius 1 is 0.976 bits per heavy atom. The Labute approximate surface area is 229 Å². The fraction of sp³-hybridized carbons (Fsp3) is 0.370. The van der Waals surface area contributed by atoms with Gasteiger partial charge in [0.05, 0.1) is 5.56 Å². The maximum atomic E-state index is 13.8. The molecule has 0 radical (unpaired) electrons. The van der Waals surface area contributed by atoms with E-state index in [0.717, 1.165) is 36.4 Å². The van der Waals surface area contributed by atoms with Crippen LogP contribution in [0.4, 0.5) is 26.7 Å². The first-order valence-corrected chi connectivity index (χ1v) is 12.6. The number of nitrogens with zero attached hydrogens (tertiary/aromatic N) is 2. The van der Waals surface area contributed by atoms with Crippen molar-refractivity contribution in [3.05, 3.63) is 77.4 Å². The molecule has 3 aliphatic rings. The van der Waals surface area contributed by atoms with E-state index >= 15 is 0 Å². The Balaban J connectivity index is 1.29. The molecule has 0 aliphatic carbocycles. The average Bonchev–Trinajstić information content (AvgIpc) is 3.16. The molecule has 1 spiro atoms. The molecule has 1 amide bonds. The number of esters is 1. The fourth-order valence-corrected chi connectivity index (χ4v) is 4.96. The maximum absolute atomic E-state index is 13.8. The van der Waals surface area contributed by atoms with Crippen molar-refractivity contribution in [3.63, 3.8) is 0 Å². The standard InChI is InChI=1S/C27H23F5N2O7/c28-19-5-4-18(15-20(19)29)38-21(16-2-1-3-17(14-16)27(30,31)32)8-11-33-12-9-26(10-13-33)24-34(25(37)40-26)41-23(36)7-6-22(35)39-24/h1-7,14-15,21,24H,8-13H2/b7-6+. The van der Waals surface area contributed by atoms with Gasteiger partial charge in [-0.2, -0.15) is 13.2 Å². The molecule has 41 heavy (non-hydrogen) atoms. The fourth-order valence-electron chi connectivity index (χ4n) is 4.96. The number of likely N-dealkylation sites (tertiary alicyclic amines) is 1. The molecule has 2 atom stereocenters. The van der Waals surface area contributed by atoms with E-state index in [-0.39, 0.29) is 30.6 Å². The summed E-state index contributed by atoms with van der Waals surface area (Å²) in [5.74, 6) is -4.11. The lowest BCUT2D eigenvalue weighted by atomic mass is 9.89. The summed E-state index contributed by atoms with van der Waals surface area (Å²) in [5, 5.41) is 0.596. The predicted octanol–water partition coefficient (Wildman–Crippen LogP) is 4.68. The smallest absolute Gasteiger partial charge is 0.447 e. The molecule has 5 rings (SSSR count). The van der Waals surface area contributed by atoms with Gasteiger partial charge in [-0.05, 0) is 29.8 Å². The van der Waals surface area contributed by atoms with E-state index in [1.54, 1.807) is 0 Å². The molecule has 14 heteroatoms. The van der Waals surface area contributed by atoms with Gasteiger partial charge in [-0.15, -0.1) is 0 Å². The van der Waals surface area contributed by atoms with Crippen LogP contribution in [0.15, 0.2) is 54.6 Å². The number of hydrogen-bond donors (Lipinski definition) is 0. The van der Waals surface area contributed by atoms with Crippen molar-refractivity contribution in [2.75, 3.05) is 19.6 Å². The summed E-state index contributed by atoms with van der Waals surface area (Å²) in [4.78, 5) is 43.2. The van der Waals surface area contributed by atoms with Gasteiger partial charge in [-0.3, -0.25) is 0 Å². The van der Waals surface area contributed by atoms with Crippen LogP contribution in [0.1, 0.15) is 36.5 Å². The van der Waals surface area contributed by atoms with Gasteiger partial charge in [0.15, 0.2) is 17.2 Å². The number of fused-ring (bicyclic) bond motifs is 2. The number of benzene rings is 2. The van der Waals surface area contributed by atoms with Crippen molar-refractivity contribution in [1.29, 1.82) is 0 Å². The topological polar surface area (TPSA) is 94.6 Å². The minimum atomic E-state index is -4.60. The van der Waals surface area contributed by atoms with E-state index < -0.39 is 59.3 Å². The number of carbonyl (C=O) groups excluding carboxylic acids is 3. The van der Waals surface area contributed by atoms with Gasteiger partial charge in [0.1, 0.15) is 11.9 Å². The zero-order valence-corrected chi connectivity index (χ0v) is 21.2. The van der Waals surface area contributed by atoms with Crippen molar-refractivity contribution in [3.8, 4) is 5.75 Å². The first-order chi connectivity index (χ1) is 19.4. The van der Waals surface area contributed by atoms with Crippen LogP contribution in [-0.4, -0.2) is 59.5 Å². The van der Waals surface area contributed by atoms with Gasteiger partial charge in [0.2, 0.25) is 0 Å². The third kappa shape index (κ3) is 6.11. The lowest BCUT2D eigenvalue weighted by Gasteiger charge is -2.40. The minimum Gasteiger partial charge on any atom is -0.486 e. The van der Waals surface area contributed by atoms with E-state index in [1.807, 2.05) is 4.90 Å². The van der Waals surface area contributed by atoms with Crippen molar-refractivity contribution in [2.24, 2.45) is 0 Å². The number of hydrogen-bond acceptors (Lipinski definition) is 8. The summed E-state index contributed by atoms with van der Waals surface area (Å²) in [7, 11) is 0.